The number of hydrogen-bond acceptors (Lipinski definition) is 1. The fourth-order valence-corrected chi connectivity index (χ4v) is 0. The van der Waals surface area contributed by atoms with Gasteiger partial charge in [-0.05, 0) is 0 Å². The van der Waals surface area contributed by atoms with Gasteiger partial charge in [0.1, 0.15) is 0 Å². The molecular weight excluding hydrogens is 187 g/mol. The van der Waals surface area contributed by atoms with Crippen molar-refractivity contribution in [2.24, 2.45) is 0 Å². The molecule has 0 N–H and O–H groups in total. The van der Waals surface area contributed by atoms with Gasteiger partial charge >= 0.3 is 34.7 Å². The summed E-state index contributed by atoms with van der Waals surface area (Å²) < 4.78 is 0. The molecule has 0 aliphatic rings. The average Bonchev–Trinajstić information content (AvgIpc) is 1.37. The Kier molecular flexibility index (Phi) is 17.2. The number of rotatable bonds is 0. The molecular formula is CH2BINNa. The van der Waals surface area contributed by atoms with Crippen LogP contribution in [0.15, 0.2) is 0 Å². The molecule has 0 unspecified atom stereocenters. The molecule has 22 valence electrons. The van der Waals surface area contributed by atoms with E-state index in [9.17, 15) is 0 Å². The molecule has 0 radical (unpaired) electrons. The Hall–Kier alpha value is 1.28. The van der Waals surface area contributed by atoms with Crippen LogP contribution < -0.4 is 0 Å². The molecule has 0 bridgehead atoms. The molecule has 0 atom stereocenters. The van der Waals surface area contributed by atoms with Gasteiger partial charge in [-0.15, -0.1) is 22.4 Å². The van der Waals surface area contributed by atoms with Crippen LogP contribution in [0.25, 0.3) is 0 Å². The SMILES string of the molecule is N#CBI.[NaH]. The van der Waals surface area contributed by atoms with E-state index < -0.39 is 0 Å². The van der Waals surface area contributed by atoms with E-state index in [1.165, 1.54) is 0 Å². The van der Waals surface area contributed by atoms with Gasteiger partial charge in [0.05, 0.1) is 0 Å². The van der Waals surface area contributed by atoms with Crippen LogP contribution in [-0.2, 0) is 0 Å². The van der Waals surface area contributed by atoms with Gasteiger partial charge in [0.25, 0.3) is 0 Å². The standard InChI is InChI=1S/CHBIN.Na.H/c3-2-1-4;;/h2H;;. The second kappa shape index (κ2) is 8.99. The van der Waals surface area contributed by atoms with E-state index in [1.807, 2.05) is 28.3 Å². The zero-order chi connectivity index (χ0) is 3.41. The van der Waals surface area contributed by atoms with Crippen LogP contribution in [0.2, 0.25) is 0 Å². The summed E-state index contributed by atoms with van der Waals surface area (Å²) in [6.45, 7) is 0. The number of nitrogens with zero attached hydrogens (tertiary/aromatic N) is 1. The molecule has 0 saturated carbocycles. The Morgan fingerprint density at radius 2 is 2.00 bits per heavy atom. The molecule has 0 aromatic carbocycles. The number of hydrogen-bond donors (Lipinski definition) is 0. The third kappa shape index (κ3) is 10.9. The van der Waals surface area contributed by atoms with E-state index in [1.54, 1.807) is 0 Å². The van der Waals surface area contributed by atoms with E-state index in [4.69, 9.17) is 5.26 Å². The normalized spacial score (nSPS) is 3.20. The summed E-state index contributed by atoms with van der Waals surface area (Å²) in [7, 11) is 0. The molecule has 0 rings (SSSR count). The average molecular weight is 189 g/mol. The second-order valence-electron chi connectivity index (χ2n) is 0.292. The van der Waals surface area contributed by atoms with E-state index in [0.29, 0.717) is 5.14 Å². The first-order valence-corrected chi connectivity index (χ1v) is 2.37. The van der Waals surface area contributed by atoms with Crippen LogP contribution in [-0.4, -0.2) is 34.7 Å². The Morgan fingerprint density at radius 1 is 1.80 bits per heavy atom. The molecule has 4 heteroatoms. The fourth-order valence-electron chi connectivity index (χ4n) is 0. The summed E-state index contributed by atoms with van der Waals surface area (Å²) in [5, 5.41) is 8.21. The quantitative estimate of drug-likeness (QED) is 0.375. The van der Waals surface area contributed by atoms with Gasteiger partial charge in [0.2, 0.25) is 0 Å². The Balaban J connectivity index is 0. The van der Waals surface area contributed by atoms with Crippen molar-refractivity contribution in [3.05, 3.63) is 0 Å². The first kappa shape index (κ1) is 9.56. The first-order chi connectivity index (χ1) is 1.91. The zero-order valence-electron chi connectivity index (χ0n) is 2.03. The molecule has 0 aliphatic heterocycles. The van der Waals surface area contributed by atoms with E-state index in [-0.39, 0.29) is 29.6 Å². The van der Waals surface area contributed by atoms with Crippen LogP contribution in [0.3, 0.4) is 0 Å². The van der Waals surface area contributed by atoms with Crippen LogP contribution >= 0.6 is 22.4 Å². The number of nitriles is 1. The van der Waals surface area contributed by atoms with Crippen molar-refractivity contribution in [2.75, 3.05) is 0 Å². The van der Waals surface area contributed by atoms with Crippen molar-refractivity contribution in [1.29, 1.82) is 5.26 Å². The van der Waals surface area contributed by atoms with Crippen molar-refractivity contribution < 1.29 is 0 Å². The minimum atomic E-state index is 0. The topological polar surface area (TPSA) is 23.8 Å². The van der Waals surface area contributed by atoms with Gasteiger partial charge in [-0.25, -0.2) is 5.26 Å². The Morgan fingerprint density at radius 3 is 2.00 bits per heavy atom. The summed E-state index contributed by atoms with van der Waals surface area (Å²) in [6.07, 6.45) is 0. The third-order valence-electron chi connectivity index (χ3n) is 0.0598. The maximum atomic E-state index is 7.62. The summed E-state index contributed by atoms with van der Waals surface area (Å²) in [4.78, 5) is 0. The van der Waals surface area contributed by atoms with Crippen LogP contribution in [0.4, 0.5) is 0 Å². The third-order valence-corrected chi connectivity index (χ3v) is 0.401. The van der Waals surface area contributed by atoms with Gasteiger partial charge in [0.15, 0.2) is 0 Å². The Bertz CT molecular complexity index is 41.4. The van der Waals surface area contributed by atoms with Crippen molar-refractivity contribution >= 4 is 57.1 Å². The molecule has 5 heavy (non-hydrogen) atoms. The molecule has 0 amide bonds. The predicted octanol–water partition coefficient (Wildman–Crippen LogP) is -0.395. The van der Waals surface area contributed by atoms with Gasteiger partial charge < -0.3 is 0 Å². The van der Waals surface area contributed by atoms with E-state index >= 15 is 0 Å². The molecule has 0 fully saturated rings. The van der Waals surface area contributed by atoms with Gasteiger partial charge in [-0.1, -0.05) is 0 Å². The fraction of sp³-hybridized carbons (Fsp3) is 0. The minimum absolute atomic E-state index is 0. The predicted molar refractivity (Wildman–Crippen MR) is 33.9 cm³/mol. The van der Waals surface area contributed by atoms with Gasteiger partial charge in [-0.2, -0.15) is 0 Å². The Labute approximate surface area is 67.5 Å². The van der Waals surface area contributed by atoms with Crippen molar-refractivity contribution in [3.63, 3.8) is 0 Å². The molecule has 0 spiro atoms. The van der Waals surface area contributed by atoms with Crippen LogP contribution in [0.1, 0.15) is 0 Å². The summed E-state index contributed by atoms with van der Waals surface area (Å²) >= 11 is 1.99. The summed E-state index contributed by atoms with van der Waals surface area (Å²) in [5.41, 5.74) is 0. The van der Waals surface area contributed by atoms with Crippen LogP contribution in [0.5, 0.6) is 0 Å². The van der Waals surface area contributed by atoms with E-state index in [2.05, 4.69) is 0 Å². The van der Waals surface area contributed by atoms with E-state index in [0.717, 1.165) is 0 Å². The second-order valence-corrected chi connectivity index (χ2v) is 1.05. The van der Waals surface area contributed by atoms with Crippen molar-refractivity contribution in [3.8, 4) is 5.97 Å². The van der Waals surface area contributed by atoms with Crippen molar-refractivity contribution in [2.45, 2.75) is 0 Å². The van der Waals surface area contributed by atoms with Gasteiger partial charge in [0, 0.05) is 5.97 Å². The molecule has 0 saturated heterocycles. The molecule has 0 aromatic heterocycles. The first-order valence-electron chi connectivity index (χ1n) is 0.844. The molecule has 0 aromatic rings. The van der Waals surface area contributed by atoms with Crippen molar-refractivity contribution in [1.82, 2.24) is 0 Å². The number of halogens is 1. The summed E-state index contributed by atoms with van der Waals surface area (Å²) in [5.74, 6) is 1.92. The monoisotopic (exact) mass is 189 g/mol. The van der Waals surface area contributed by atoms with Gasteiger partial charge in [-0.3, -0.25) is 0 Å². The summed E-state index contributed by atoms with van der Waals surface area (Å²) in [6, 6.07) is 0. The maximum absolute atomic E-state index is 7.62. The molecule has 0 heterocycles. The molecule has 0 aliphatic carbocycles. The molecule has 1 nitrogen and oxygen atoms in total. The van der Waals surface area contributed by atoms with Crippen LogP contribution in [0, 0.1) is 11.2 Å². The zero-order valence-corrected chi connectivity index (χ0v) is 4.19.